The van der Waals surface area contributed by atoms with E-state index in [4.69, 9.17) is 23.2 Å². The second-order valence-corrected chi connectivity index (χ2v) is 5.04. The van der Waals surface area contributed by atoms with Gasteiger partial charge in [0, 0.05) is 10.0 Å². The standard InChI is InChI=1S/C14H17Cl2N/c1-2-3-4-5-6-11(10-17)13-8-7-12(15)9-14(13)16/h7-9,11H,2-6H2,1H3/t11-/m1/s1. The van der Waals surface area contributed by atoms with Crippen molar-refractivity contribution in [1.82, 2.24) is 0 Å². The second kappa shape index (κ2) is 7.58. The molecule has 0 aliphatic carbocycles. The maximum absolute atomic E-state index is 9.19. The van der Waals surface area contributed by atoms with Crippen molar-refractivity contribution < 1.29 is 0 Å². The summed E-state index contributed by atoms with van der Waals surface area (Å²) in [6, 6.07) is 7.68. The zero-order chi connectivity index (χ0) is 12.7. The van der Waals surface area contributed by atoms with Crippen LogP contribution in [-0.4, -0.2) is 0 Å². The third kappa shape index (κ3) is 4.58. The number of nitrogens with zero attached hydrogens (tertiary/aromatic N) is 1. The molecule has 0 fully saturated rings. The van der Waals surface area contributed by atoms with Crippen molar-refractivity contribution in [2.45, 2.75) is 44.9 Å². The fourth-order valence-electron chi connectivity index (χ4n) is 1.85. The first-order valence-electron chi connectivity index (χ1n) is 6.03. The van der Waals surface area contributed by atoms with Gasteiger partial charge in [0.05, 0.1) is 12.0 Å². The van der Waals surface area contributed by atoms with Crippen molar-refractivity contribution in [2.24, 2.45) is 0 Å². The fourth-order valence-corrected chi connectivity index (χ4v) is 2.39. The lowest BCUT2D eigenvalue weighted by atomic mass is 9.94. The van der Waals surface area contributed by atoms with Gasteiger partial charge in [0.15, 0.2) is 0 Å². The Morgan fingerprint density at radius 2 is 2.00 bits per heavy atom. The molecule has 0 aromatic heterocycles. The molecular weight excluding hydrogens is 253 g/mol. The van der Waals surface area contributed by atoms with Crippen LogP contribution in [0.15, 0.2) is 18.2 Å². The maximum atomic E-state index is 9.19. The zero-order valence-electron chi connectivity index (χ0n) is 10.0. The molecule has 0 unspecified atom stereocenters. The highest BCUT2D eigenvalue weighted by Crippen LogP contribution is 2.30. The smallest absolute Gasteiger partial charge is 0.0727 e. The van der Waals surface area contributed by atoms with Crippen LogP contribution >= 0.6 is 23.2 Å². The van der Waals surface area contributed by atoms with E-state index in [2.05, 4.69) is 13.0 Å². The van der Waals surface area contributed by atoms with E-state index in [-0.39, 0.29) is 5.92 Å². The van der Waals surface area contributed by atoms with Crippen molar-refractivity contribution in [3.05, 3.63) is 33.8 Å². The van der Waals surface area contributed by atoms with Crippen molar-refractivity contribution >= 4 is 23.2 Å². The molecule has 0 aliphatic heterocycles. The van der Waals surface area contributed by atoms with Gasteiger partial charge in [-0.3, -0.25) is 0 Å². The monoisotopic (exact) mass is 269 g/mol. The van der Waals surface area contributed by atoms with Gasteiger partial charge in [-0.25, -0.2) is 0 Å². The van der Waals surface area contributed by atoms with E-state index in [1.54, 1.807) is 12.1 Å². The summed E-state index contributed by atoms with van der Waals surface area (Å²) in [7, 11) is 0. The summed E-state index contributed by atoms with van der Waals surface area (Å²) in [4.78, 5) is 0. The van der Waals surface area contributed by atoms with Crippen LogP contribution in [-0.2, 0) is 0 Å². The van der Waals surface area contributed by atoms with Crippen LogP contribution in [0.2, 0.25) is 10.0 Å². The molecule has 0 amide bonds. The normalized spacial score (nSPS) is 12.1. The van der Waals surface area contributed by atoms with Crippen LogP contribution in [0.25, 0.3) is 0 Å². The molecule has 1 atom stereocenters. The molecule has 92 valence electrons. The Kier molecular flexibility index (Phi) is 6.40. The van der Waals surface area contributed by atoms with Gasteiger partial charge in [0.25, 0.3) is 0 Å². The van der Waals surface area contributed by atoms with E-state index in [1.807, 2.05) is 6.07 Å². The van der Waals surface area contributed by atoms with Crippen LogP contribution in [0, 0.1) is 11.3 Å². The molecule has 0 radical (unpaired) electrons. The van der Waals surface area contributed by atoms with Crippen LogP contribution < -0.4 is 0 Å². The van der Waals surface area contributed by atoms with Gasteiger partial charge >= 0.3 is 0 Å². The van der Waals surface area contributed by atoms with E-state index in [0.717, 1.165) is 18.4 Å². The topological polar surface area (TPSA) is 23.8 Å². The molecule has 17 heavy (non-hydrogen) atoms. The summed E-state index contributed by atoms with van der Waals surface area (Å²) in [5.41, 5.74) is 0.898. The lowest BCUT2D eigenvalue weighted by Gasteiger charge is -2.11. The molecule has 0 aliphatic rings. The highest BCUT2D eigenvalue weighted by atomic mass is 35.5. The third-order valence-electron chi connectivity index (χ3n) is 2.84. The van der Waals surface area contributed by atoms with Gasteiger partial charge in [0.2, 0.25) is 0 Å². The van der Waals surface area contributed by atoms with Gasteiger partial charge in [-0.1, -0.05) is 61.9 Å². The largest absolute Gasteiger partial charge is 0.198 e. The number of nitriles is 1. The lowest BCUT2D eigenvalue weighted by Crippen LogP contribution is -1.97. The molecule has 0 heterocycles. The first-order chi connectivity index (χ1) is 8.19. The average Bonchev–Trinajstić information content (AvgIpc) is 2.31. The van der Waals surface area contributed by atoms with Crippen molar-refractivity contribution in [3.63, 3.8) is 0 Å². The van der Waals surface area contributed by atoms with Crippen LogP contribution in [0.3, 0.4) is 0 Å². The van der Waals surface area contributed by atoms with E-state index < -0.39 is 0 Å². The molecule has 3 heteroatoms. The first-order valence-corrected chi connectivity index (χ1v) is 6.79. The van der Waals surface area contributed by atoms with Crippen molar-refractivity contribution in [2.75, 3.05) is 0 Å². The lowest BCUT2D eigenvalue weighted by molar-refractivity contribution is 0.608. The molecular formula is C14H17Cl2N. The molecule has 0 spiro atoms. The second-order valence-electron chi connectivity index (χ2n) is 4.20. The average molecular weight is 270 g/mol. The van der Waals surface area contributed by atoms with Gasteiger partial charge in [-0.2, -0.15) is 5.26 Å². The number of rotatable bonds is 6. The minimum absolute atomic E-state index is 0.114. The van der Waals surface area contributed by atoms with Crippen molar-refractivity contribution in [1.29, 1.82) is 5.26 Å². The van der Waals surface area contributed by atoms with Crippen LogP contribution in [0.1, 0.15) is 50.5 Å². The van der Waals surface area contributed by atoms with Gasteiger partial charge in [-0.05, 0) is 24.1 Å². The highest BCUT2D eigenvalue weighted by molar-refractivity contribution is 6.35. The summed E-state index contributed by atoms with van der Waals surface area (Å²) >= 11 is 12.0. The molecule has 1 rings (SSSR count). The van der Waals surface area contributed by atoms with E-state index in [0.29, 0.717) is 10.0 Å². The van der Waals surface area contributed by atoms with Crippen LogP contribution in [0.5, 0.6) is 0 Å². The first kappa shape index (κ1) is 14.4. The number of benzene rings is 1. The maximum Gasteiger partial charge on any atom is 0.0727 e. The quantitative estimate of drug-likeness (QED) is 0.620. The Morgan fingerprint density at radius 3 is 2.59 bits per heavy atom. The molecule has 0 N–H and O–H groups in total. The molecule has 1 aromatic carbocycles. The van der Waals surface area contributed by atoms with Crippen LogP contribution in [0.4, 0.5) is 0 Å². The van der Waals surface area contributed by atoms with E-state index in [1.165, 1.54) is 19.3 Å². The summed E-state index contributed by atoms with van der Waals surface area (Å²) in [5.74, 6) is -0.114. The Bertz CT molecular complexity index is 396. The van der Waals surface area contributed by atoms with Gasteiger partial charge in [0.1, 0.15) is 0 Å². The Balaban J connectivity index is 2.64. The summed E-state index contributed by atoms with van der Waals surface area (Å²) in [6.07, 6.45) is 5.56. The fraction of sp³-hybridized carbons (Fsp3) is 0.500. The third-order valence-corrected chi connectivity index (χ3v) is 3.40. The summed E-state index contributed by atoms with van der Waals surface area (Å²) < 4.78 is 0. The van der Waals surface area contributed by atoms with Gasteiger partial charge < -0.3 is 0 Å². The predicted octanol–water partition coefficient (Wildman–Crippen LogP) is 5.57. The molecule has 0 saturated carbocycles. The summed E-state index contributed by atoms with van der Waals surface area (Å²) in [5, 5.41) is 10.4. The van der Waals surface area contributed by atoms with Crippen molar-refractivity contribution in [3.8, 4) is 6.07 Å². The predicted molar refractivity (Wildman–Crippen MR) is 73.6 cm³/mol. The van der Waals surface area contributed by atoms with E-state index in [9.17, 15) is 5.26 Å². The number of hydrogen-bond acceptors (Lipinski definition) is 1. The minimum atomic E-state index is -0.114. The Labute approximate surface area is 113 Å². The molecule has 1 aromatic rings. The Morgan fingerprint density at radius 1 is 1.24 bits per heavy atom. The minimum Gasteiger partial charge on any atom is -0.198 e. The van der Waals surface area contributed by atoms with Gasteiger partial charge in [-0.15, -0.1) is 0 Å². The number of hydrogen-bond donors (Lipinski definition) is 0. The molecule has 1 nitrogen and oxygen atoms in total. The SMILES string of the molecule is CCCCCC[C@H](C#N)c1ccc(Cl)cc1Cl. The number of unbranched alkanes of at least 4 members (excludes halogenated alkanes) is 3. The Hall–Kier alpha value is -0.710. The number of halogens is 2. The molecule has 0 saturated heterocycles. The van der Waals surface area contributed by atoms with E-state index >= 15 is 0 Å². The highest BCUT2D eigenvalue weighted by Gasteiger charge is 2.13. The summed E-state index contributed by atoms with van der Waals surface area (Å²) in [6.45, 7) is 2.18. The zero-order valence-corrected chi connectivity index (χ0v) is 11.6. The molecule has 0 bridgehead atoms.